The third kappa shape index (κ3) is 3.62. The summed E-state index contributed by atoms with van der Waals surface area (Å²) in [7, 11) is 1.62. The van der Waals surface area contributed by atoms with Crippen molar-refractivity contribution in [2.24, 2.45) is 0 Å². The van der Waals surface area contributed by atoms with Crippen molar-refractivity contribution in [2.75, 3.05) is 19.0 Å². The van der Waals surface area contributed by atoms with E-state index in [-0.39, 0.29) is 12.1 Å². The molecule has 0 saturated carbocycles. The maximum absolute atomic E-state index is 12.6. The first-order valence-electron chi connectivity index (χ1n) is 7.39. The first-order valence-corrected chi connectivity index (χ1v) is 8.27. The van der Waals surface area contributed by atoms with Gasteiger partial charge in [-0.25, -0.2) is 9.78 Å². The van der Waals surface area contributed by atoms with Crippen LogP contribution < -0.4 is 10.1 Å². The van der Waals surface area contributed by atoms with E-state index >= 15 is 0 Å². The number of nitrogens with one attached hydrogen (secondary N) is 1. The van der Waals surface area contributed by atoms with Crippen molar-refractivity contribution in [1.29, 1.82) is 0 Å². The van der Waals surface area contributed by atoms with E-state index in [1.54, 1.807) is 12.0 Å². The number of hydrogen-bond donors (Lipinski definition) is 1. The number of thiazole rings is 1. The van der Waals surface area contributed by atoms with Crippen molar-refractivity contribution in [3.63, 3.8) is 0 Å². The highest BCUT2D eigenvalue weighted by Crippen LogP contribution is 2.25. The number of amides is 2. The summed E-state index contributed by atoms with van der Waals surface area (Å²) in [5.74, 6) is 0.839. The average molecular weight is 333 g/mol. The van der Waals surface area contributed by atoms with Crippen molar-refractivity contribution in [3.05, 3.63) is 40.9 Å². The molecule has 0 radical (unpaired) electrons. The number of rotatable bonds is 3. The number of para-hydroxylation sites is 1. The van der Waals surface area contributed by atoms with Crippen molar-refractivity contribution in [3.8, 4) is 5.75 Å². The first kappa shape index (κ1) is 15.8. The number of ether oxygens (including phenoxy) is 2. The molecule has 2 amide bonds. The lowest BCUT2D eigenvalue weighted by atomic mass is 10.2. The van der Waals surface area contributed by atoms with E-state index in [1.807, 2.05) is 36.6 Å². The van der Waals surface area contributed by atoms with Crippen molar-refractivity contribution in [1.82, 2.24) is 9.88 Å². The second kappa shape index (κ2) is 6.97. The maximum Gasteiger partial charge on any atom is 0.324 e. The second-order valence-corrected chi connectivity index (χ2v) is 6.26. The minimum absolute atomic E-state index is 0.0270. The standard InChI is InChI=1S/C16H19N3O3S/c1-11-8-22-14-6-4-3-5-12(14)7-19(11)16(20)18-15-17-13(9-21-2)10-23-15/h3-6,10-11H,7-9H2,1-2H3,(H,17,18,20)/t11-/m0/s1. The number of carbonyl (C=O) groups excluding carboxylic acids is 1. The lowest BCUT2D eigenvalue weighted by Gasteiger charge is -2.25. The Balaban J connectivity index is 1.72. The van der Waals surface area contributed by atoms with Gasteiger partial charge in [-0.3, -0.25) is 5.32 Å². The van der Waals surface area contributed by atoms with Gasteiger partial charge in [0.25, 0.3) is 0 Å². The molecule has 1 aliphatic heterocycles. The highest BCUT2D eigenvalue weighted by Gasteiger charge is 2.26. The smallest absolute Gasteiger partial charge is 0.324 e. The Labute approximate surface area is 139 Å². The minimum Gasteiger partial charge on any atom is -0.491 e. The maximum atomic E-state index is 12.6. The molecule has 2 aromatic rings. The molecule has 0 spiro atoms. The van der Waals surface area contributed by atoms with Gasteiger partial charge in [0.1, 0.15) is 12.4 Å². The fourth-order valence-electron chi connectivity index (χ4n) is 2.43. The fourth-order valence-corrected chi connectivity index (χ4v) is 3.11. The van der Waals surface area contributed by atoms with Gasteiger partial charge in [-0.2, -0.15) is 0 Å². The molecule has 1 N–H and O–H groups in total. The van der Waals surface area contributed by atoms with Crippen molar-refractivity contribution >= 4 is 22.5 Å². The van der Waals surface area contributed by atoms with E-state index in [4.69, 9.17) is 9.47 Å². The quantitative estimate of drug-likeness (QED) is 0.937. The summed E-state index contributed by atoms with van der Waals surface area (Å²) < 4.78 is 10.8. The molecule has 23 heavy (non-hydrogen) atoms. The van der Waals surface area contributed by atoms with Crippen LogP contribution in [0.2, 0.25) is 0 Å². The Morgan fingerprint density at radius 1 is 1.52 bits per heavy atom. The van der Waals surface area contributed by atoms with Gasteiger partial charge in [-0.1, -0.05) is 18.2 Å². The summed E-state index contributed by atoms with van der Waals surface area (Å²) in [6.07, 6.45) is 0. The Morgan fingerprint density at radius 3 is 3.17 bits per heavy atom. The predicted molar refractivity (Wildman–Crippen MR) is 88.8 cm³/mol. The number of methoxy groups -OCH3 is 1. The molecule has 0 saturated heterocycles. The van der Waals surface area contributed by atoms with Crippen molar-refractivity contribution in [2.45, 2.75) is 26.1 Å². The van der Waals surface area contributed by atoms with Crippen LogP contribution in [0.15, 0.2) is 29.6 Å². The SMILES string of the molecule is COCc1csc(NC(=O)N2Cc3ccccc3OC[C@@H]2C)n1. The predicted octanol–water partition coefficient (Wildman–Crippen LogP) is 3.10. The molecule has 0 bridgehead atoms. The van der Waals surface area contributed by atoms with E-state index in [1.165, 1.54) is 11.3 Å². The highest BCUT2D eigenvalue weighted by molar-refractivity contribution is 7.13. The number of benzene rings is 1. The Hall–Kier alpha value is -2.12. The molecule has 0 unspecified atom stereocenters. The van der Waals surface area contributed by atoms with Crippen LogP contribution in [0.1, 0.15) is 18.2 Å². The normalized spacial score (nSPS) is 17.1. The largest absolute Gasteiger partial charge is 0.491 e. The van der Waals surface area contributed by atoms with Crippen LogP contribution in [0.3, 0.4) is 0 Å². The van der Waals surface area contributed by atoms with Gasteiger partial charge in [0.2, 0.25) is 0 Å². The molecule has 0 fully saturated rings. The Bertz CT molecular complexity index is 689. The number of fused-ring (bicyclic) bond motifs is 1. The summed E-state index contributed by atoms with van der Waals surface area (Å²) in [6.45, 7) is 3.40. The molecule has 7 heteroatoms. The van der Waals surface area contributed by atoms with E-state index < -0.39 is 0 Å². The zero-order chi connectivity index (χ0) is 16.2. The number of nitrogens with zero attached hydrogens (tertiary/aromatic N) is 2. The number of hydrogen-bond acceptors (Lipinski definition) is 5. The lowest BCUT2D eigenvalue weighted by molar-refractivity contribution is 0.167. The summed E-state index contributed by atoms with van der Waals surface area (Å²) in [6, 6.07) is 7.60. The third-order valence-corrected chi connectivity index (χ3v) is 4.45. The van der Waals surface area contributed by atoms with Gasteiger partial charge in [0.15, 0.2) is 5.13 Å². The summed E-state index contributed by atoms with van der Waals surface area (Å²) in [5, 5.41) is 5.32. The molecule has 0 aliphatic carbocycles. The van der Waals surface area contributed by atoms with Gasteiger partial charge in [-0.05, 0) is 13.0 Å². The van der Waals surface area contributed by atoms with Gasteiger partial charge < -0.3 is 14.4 Å². The molecule has 6 nitrogen and oxygen atoms in total. The molecule has 122 valence electrons. The molecule has 3 rings (SSSR count). The van der Waals surface area contributed by atoms with Crippen LogP contribution in [-0.4, -0.2) is 35.7 Å². The van der Waals surface area contributed by atoms with Crippen LogP contribution in [0, 0.1) is 0 Å². The summed E-state index contributed by atoms with van der Waals surface area (Å²) >= 11 is 1.39. The molecule has 1 atom stereocenters. The number of anilines is 1. The van der Waals surface area contributed by atoms with Crippen LogP contribution in [-0.2, 0) is 17.9 Å². The molecule has 1 aliphatic rings. The van der Waals surface area contributed by atoms with Gasteiger partial charge in [-0.15, -0.1) is 11.3 Å². The minimum atomic E-state index is -0.170. The van der Waals surface area contributed by atoms with Crippen LogP contribution in [0.5, 0.6) is 5.75 Å². The summed E-state index contributed by atoms with van der Waals surface area (Å²) in [5.41, 5.74) is 1.82. The third-order valence-electron chi connectivity index (χ3n) is 3.64. The van der Waals surface area contributed by atoms with Crippen LogP contribution in [0.25, 0.3) is 0 Å². The lowest BCUT2D eigenvalue weighted by Crippen LogP contribution is -2.42. The van der Waals surface area contributed by atoms with Gasteiger partial charge in [0, 0.05) is 18.1 Å². The molecule has 1 aromatic carbocycles. The first-order chi connectivity index (χ1) is 11.2. The summed E-state index contributed by atoms with van der Waals surface area (Å²) in [4.78, 5) is 18.7. The van der Waals surface area contributed by atoms with Crippen molar-refractivity contribution < 1.29 is 14.3 Å². The zero-order valence-corrected chi connectivity index (χ0v) is 13.9. The van der Waals surface area contributed by atoms with E-state index in [0.717, 1.165) is 17.0 Å². The zero-order valence-electron chi connectivity index (χ0n) is 13.1. The van der Waals surface area contributed by atoms with E-state index in [9.17, 15) is 4.79 Å². The Morgan fingerprint density at radius 2 is 2.35 bits per heavy atom. The highest BCUT2D eigenvalue weighted by atomic mass is 32.1. The van der Waals surface area contributed by atoms with Crippen LogP contribution in [0.4, 0.5) is 9.93 Å². The molecular formula is C16H19N3O3S. The topological polar surface area (TPSA) is 63.7 Å². The van der Waals surface area contributed by atoms with E-state index in [2.05, 4.69) is 10.3 Å². The average Bonchev–Trinajstić information content (AvgIpc) is 2.90. The number of carbonyl (C=O) groups is 1. The monoisotopic (exact) mass is 333 g/mol. The van der Waals surface area contributed by atoms with Gasteiger partial charge in [0.05, 0.1) is 24.9 Å². The number of urea groups is 1. The Kier molecular flexibility index (Phi) is 4.78. The van der Waals surface area contributed by atoms with Gasteiger partial charge >= 0.3 is 6.03 Å². The molecular weight excluding hydrogens is 314 g/mol. The number of aromatic nitrogens is 1. The molecule has 1 aromatic heterocycles. The van der Waals surface area contributed by atoms with E-state index in [0.29, 0.717) is 24.9 Å². The fraction of sp³-hybridized carbons (Fsp3) is 0.375. The second-order valence-electron chi connectivity index (χ2n) is 5.40. The van der Waals surface area contributed by atoms with Crippen LogP contribution >= 0.6 is 11.3 Å². The molecule has 2 heterocycles.